The smallest absolute Gasteiger partial charge is 0.0863 e. The van der Waals surface area contributed by atoms with Crippen molar-refractivity contribution in [3.8, 4) is 0 Å². The summed E-state index contributed by atoms with van der Waals surface area (Å²) < 4.78 is 0. The summed E-state index contributed by atoms with van der Waals surface area (Å²) in [5, 5.41) is 2.99. The summed E-state index contributed by atoms with van der Waals surface area (Å²) in [6, 6.07) is 0. The van der Waals surface area contributed by atoms with E-state index >= 15 is 0 Å². The van der Waals surface area contributed by atoms with Crippen LogP contribution in [-0.4, -0.2) is 12.9 Å². The Morgan fingerprint density at radius 2 is 2.18 bits per heavy atom. The van der Waals surface area contributed by atoms with Crippen LogP contribution in [-0.2, 0) is 0 Å². The summed E-state index contributed by atoms with van der Waals surface area (Å²) in [6.45, 7) is 7.19. The van der Waals surface area contributed by atoms with Crippen molar-refractivity contribution in [2.45, 2.75) is 33.6 Å². The quantitative estimate of drug-likeness (QED) is 0.367. The number of aliphatic imine (C=N–C) groups is 1. The van der Waals surface area contributed by atoms with Crippen LogP contribution in [0.15, 0.2) is 16.8 Å². The fourth-order valence-corrected chi connectivity index (χ4v) is 0.571. The third-order valence-electron chi connectivity index (χ3n) is 1.18. The molecule has 0 aliphatic rings. The summed E-state index contributed by atoms with van der Waals surface area (Å²) in [5.74, 6) is 0. The number of nitrogens with zero attached hydrogens (tertiary/aromatic N) is 1. The Labute approximate surface area is 69.4 Å². The molecule has 0 aromatic rings. The first-order chi connectivity index (χ1) is 5.27. The Hall–Kier alpha value is -0.790. The van der Waals surface area contributed by atoms with Gasteiger partial charge in [-0.15, -0.1) is 0 Å². The van der Waals surface area contributed by atoms with Gasteiger partial charge in [0.25, 0.3) is 0 Å². The van der Waals surface area contributed by atoms with Gasteiger partial charge < -0.3 is 5.32 Å². The van der Waals surface area contributed by atoms with E-state index in [1.54, 1.807) is 6.34 Å². The molecule has 0 bridgehead atoms. The molecule has 0 aromatic carbocycles. The van der Waals surface area contributed by atoms with E-state index in [0.717, 1.165) is 6.54 Å². The van der Waals surface area contributed by atoms with E-state index < -0.39 is 0 Å². The molecule has 0 saturated carbocycles. The van der Waals surface area contributed by atoms with Crippen molar-refractivity contribution in [2.24, 2.45) is 4.99 Å². The normalized spacial score (nSPS) is 10.1. The second-order valence-corrected chi connectivity index (χ2v) is 2.78. The zero-order chi connectivity index (χ0) is 8.53. The Kier molecular flexibility index (Phi) is 6.79. The van der Waals surface area contributed by atoms with Crippen molar-refractivity contribution in [2.75, 3.05) is 6.54 Å². The average Bonchev–Trinajstić information content (AvgIpc) is 1.96. The molecule has 0 fully saturated rings. The standard InChI is InChI=1S/C9H18N2/c1-4-5-6-10-8-11-7-9(2)3/h7-8H,4-6H2,1-3H3,(H,10,11). The molecular formula is C9H18N2. The highest BCUT2D eigenvalue weighted by Crippen LogP contribution is 1.85. The summed E-state index contributed by atoms with van der Waals surface area (Å²) in [7, 11) is 0. The third kappa shape index (κ3) is 9.21. The molecule has 0 saturated heterocycles. The fourth-order valence-electron chi connectivity index (χ4n) is 0.571. The Bertz CT molecular complexity index is 132. The minimum Gasteiger partial charge on any atom is -0.353 e. The molecule has 2 nitrogen and oxygen atoms in total. The van der Waals surface area contributed by atoms with Crippen LogP contribution in [0.4, 0.5) is 0 Å². The van der Waals surface area contributed by atoms with Crippen molar-refractivity contribution in [1.82, 2.24) is 5.32 Å². The molecule has 0 spiro atoms. The summed E-state index contributed by atoms with van der Waals surface area (Å²) >= 11 is 0. The predicted molar refractivity (Wildman–Crippen MR) is 50.8 cm³/mol. The first-order valence-corrected chi connectivity index (χ1v) is 4.15. The highest BCUT2D eigenvalue weighted by molar-refractivity contribution is 5.55. The largest absolute Gasteiger partial charge is 0.353 e. The number of nitrogens with one attached hydrogen (secondary N) is 1. The highest BCUT2D eigenvalue weighted by atomic mass is 14.9. The van der Waals surface area contributed by atoms with Crippen molar-refractivity contribution < 1.29 is 0 Å². The van der Waals surface area contributed by atoms with E-state index in [2.05, 4.69) is 17.2 Å². The zero-order valence-corrected chi connectivity index (χ0v) is 7.72. The van der Waals surface area contributed by atoms with Crippen molar-refractivity contribution in [3.63, 3.8) is 0 Å². The lowest BCUT2D eigenvalue weighted by Gasteiger charge is -1.91. The van der Waals surface area contributed by atoms with Gasteiger partial charge in [0.1, 0.15) is 0 Å². The van der Waals surface area contributed by atoms with E-state index in [0.29, 0.717) is 0 Å². The predicted octanol–water partition coefficient (Wildman–Crippen LogP) is 2.33. The topological polar surface area (TPSA) is 24.4 Å². The van der Waals surface area contributed by atoms with Gasteiger partial charge in [-0.2, -0.15) is 0 Å². The number of unbranched alkanes of at least 4 members (excludes halogenated alkanes) is 1. The van der Waals surface area contributed by atoms with Gasteiger partial charge in [-0.1, -0.05) is 18.9 Å². The van der Waals surface area contributed by atoms with Crippen molar-refractivity contribution in [3.05, 3.63) is 11.8 Å². The lowest BCUT2D eigenvalue weighted by Crippen LogP contribution is -2.01. The second kappa shape index (κ2) is 7.32. The van der Waals surface area contributed by atoms with Crippen LogP contribution in [0.5, 0.6) is 0 Å². The van der Waals surface area contributed by atoms with Gasteiger partial charge >= 0.3 is 0 Å². The molecule has 0 heterocycles. The zero-order valence-electron chi connectivity index (χ0n) is 7.72. The molecule has 0 atom stereocenters. The van der Waals surface area contributed by atoms with Gasteiger partial charge in [0, 0.05) is 12.7 Å². The Morgan fingerprint density at radius 3 is 2.73 bits per heavy atom. The maximum absolute atomic E-state index is 4.15. The number of hydrogen-bond donors (Lipinski definition) is 1. The molecule has 11 heavy (non-hydrogen) atoms. The molecule has 0 amide bonds. The van der Waals surface area contributed by atoms with Gasteiger partial charge in [-0.05, 0) is 20.3 Å². The summed E-state index contributed by atoms with van der Waals surface area (Å²) in [5.41, 5.74) is 1.26. The average molecular weight is 154 g/mol. The Morgan fingerprint density at radius 1 is 1.45 bits per heavy atom. The SMILES string of the molecule is CCCCN=CNC=C(C)C. The van der Waals surface area contributed by atoms with E-state index in [-0.39, 0.29) is 0 Å². The van der Waals surface area contributed by atoms with Crippen molar-refractivity contribution in [1.29, 1.82) is 0 Å². The van der Waals surface area contributed by atoms with E-state index in [9.17, 15) is 0 Å². The number of hydrogen-bond acceptors (Lipinski definition) is 1. The monoisotopic (exact) mass is 154 g/mol. The minimum absolute atomic E-state index is 0.931. The molecule has 0 aromatic heterocycles. The lowest BCUT2D eigenvalue weighted by atomic mass is 10.3. The minimum atomic E-state index is 0.931. The van der Waals surface area contributed by atoms with Crippen LogP contribution in [0.25, 0.3) is 0 Å². The van der Waals surface area contributed by atoms with Gasteiger partial charge in [0.2, 0.25) is 0 Å². The van der Waals surface area contributed by atoms with Crippen LogP contribution in [0.2, 0.25) is 0 Å². The fraction of sp³-hybridized carbons (Fsp3) is 0.667. The van der Waals surface area contributed by atoms with Gasteiger partial charge in [0.05, 0.1) is 6.34 Å². The first kappa shape index (κ1) is 10.2. The van der Waals surface area contributed by atoms with Crippen LogP contribution >= 0.6 is 0 Å². The molecular weight excluding hydrogens is 136 g/mol. The molecule has 0 unspecified atom stereocenters. The van der Waals surface area contributed by atoms with Crippen LogP contribution in [0, 0.1) is 0 Å². The van der Waals surface area contributed by atoms with Crippen LogP contribution in [0.3, 0.4) is 0 Å². The molecule has 64 valence electrons. The van der Waals surface area contributed by atoms with Crippen LogP contribution in [0.1, 0.15) is 33.6 Å². The third-order valence-corrected chi connectivity index (χ3v) is 1.18. The van der Waals surface area contributed by atoms with Crippen LogP contribution < -0.4 is 5.32 Å². The molecule has 1 N–H and O–H groups in total. The van der Waals surface area contributed by atoms with Gasteiger partial charge in [-0.25, -0.2) is 0 Å². The first-order valence-electron chi connectivity index (χ1n) is 4.15. The molecule has 0 aliphatic heterocycles. The molecule has 0 radical (unpaired) electrons. The summed E-state index contributed by atoms with van der Waals surface area (Å²) in [4.78, 5) is 4.15. The highest BCUT2D eigenvalue weighted by Gasteiger charge is 1.76. The molecule has 2 heteroatoms. The number of rotatable bonds is 5. The van der Waals surface area contributed by atoms with Gasteiger partial charge in [0.15, 0.2) is 0 Å². The van der Waals surface area contributed by atoms with E-state index in [4.69, 9.17) is 0 Å². The molecule has 0 aliphatic carbocycles. The summed E-state index contributed by atoms with van der Waals surface area (Å²) in [6.07, 6.45) is 6.07. The lowest BCUT2D eigenvalue weighted by molar-refractivity contribution is 0.808. The maximum Gasteiger partial charge on any atom is 0.0863 e. The molecule has 0 rings (SSSR count). The van der Waals surface area contributed by atoms with Crippen molar-refractivity contribution >= 4 is 6.34 Å². The second-order valence-electron chi connectivity index (χ2n) is 2.78. The van der Waals surface area contributed by atoms with E-state index in [1.165, 1.54) is 18.4 Å². The van der Waals surface area contributed by atoms with Gasteiger partial charge in [-0.3, -0.25) is 4.99 Å². The van der Waals surface area contributed by atoms with E-state index in [1.807, 2.05) is 20.0 Å². The number of allylic oxidation sites excluding steroid dienone is 1. The maximum atomic E-state index is 4.15. The Balaban J connectivity index is 3.23.